The number of carbonyl (C=O) groups excluding carboxylic acids is 4. The van der Waals surface area contributed by atoms with Gasteiger partial charge in [-0.25, -0.2) is 19.4 Å². The van der Waals surface area contributed by atoms with E-state index in [0.717, 1.165) is 61.0 Å². The van der Waals surface area contributed by atoms with Crippen LogP contribution in [-0.2, 0) is 43.3 Å². The van der Waals surface area contributed by atoms with Gasteiger partial charge in [0.25, 0.3) is 5.91 Å². The molecule has 8 rings (SSSR count). The average molecular weight is 926 g/mol. The molecule has 3 aromatic rings. The predicted octanol–water partition coefficient (Wildman–Crippen LogP) is 9.46. The molecular formula is C53H75N5O9. The summed E-state index contributed by atoms with van der Waals surface area (Å²) in [4.78, 5) is 61.5. The van der Waals surface area contributed by atoms with Gasteiger partial charge < -0.3 is 43.4 Å². The van der Waals surface area contributed by atoms with Crippen LogP contribution in [0.15, 0.2) is 36.5 Å². The molecule has 4 aliphatic carbocycles. The summed E-state index contributed by atoms with van der Waals surface area (Å²) in [7, 11) is 3.36. The van der Waals surface area contributed by atoms with E-state index in [4.69, 9.17) is 28.7 Å². The van der Waals surface area contributed by atoms with Crippen molar-refractivity contribution in [2.24, 2.45) is 16.2 Å². The van der Waals surface area contributed by atoms with Crippen molar-refractivity contribution in [3.8, 4) is 16.9 Å². The number of nitrogens with zero attached hydrogens (tertiary/aromatic N) is 4. The number of likely N-dealkylation sites (N-methyl/N-ethyl adjacent to an activating group) is 1. The van der Waals surface area contributed by atoms with Crippen LogP contribution in [-0.4, -0.2) is 101 Å². The molecule has 2 unspecified atom stereocenters. The van der Waals surface area contributed by atoms with Crippen molar-refractivity contribution in [1.29, 1.82) is 0 Å². The van der Waals surface area contributed by atoms with Gasteiger partial charge in [0, 0.05) is 74.4 Å². The minimum absolute atomic E-state index is 0.00515. The number of amides is 2. The van der Waals surface area contributed by atoms with Crippen molar-refractivity contribution >= 4 is 29.8 Å². The largest absolute Gasteiger partial charge is 0.482 e. The molecule has 4 saturated carbocycles. The maximum absolute atomic E-state index is 14.2. The first kappa shape index (κ1) is 49.8. The minimum Gasteiger partial charge on any atom is -0.482 e. The van der Waals surface area contributed by atoms with Gasteiger partial charge in [0.15, 0.2) is 12.3 Å². The third kappa shape index (κ3) is 11.3. The molecule has 1 aromatic carbocycles. The molecule has 1 N–H and O–H groups in total. The molecule has 1 aliphatic heterocycles. The summed E-state index contributed by atoms with van der Waals surface area (Å²) in [5.41, 5.74) is 3.00. The fraction of sp³-hybridized carbons (Fsp3) is 0.642. The van der Waals surface area contributed by atoms with Crippen molar-refractivity contribution < 1.29 is 42.9 Å². The second-order valence-corrected chi connectivity index (χ2v) is 23.8. The van der Waals surface area contributed by atoms with Crippen molar-refractivity contribution in [3.63, 3.8) is 0 Å². The topological polar surface area (TPSA) is 151 Å². The molecule has 0 radical (unpaired) electrons. The lowest BCUT2D eigenvalue weighted by atomic mass is 9.39. The number of aromatic nitrogens is 2. The minimum atomic E-state index is -0.761. The van der Waals surface area contributed by atoms with Crippen LogP contribution in [0.1, 0.15) is 152 Å². The Hall–Kier alpha value is -5.11. The third-order valence-electron chi connectivity index (χ3n) is 13.6. The summed E-state index contributed by atoms with van der Waals surface area (Å²) in [5, 5.41) is 2.75. The Bertz CT molecular complexity index is 2380. The van der Waals surface area contributed by atoms with E-state index in [2.05, 4.69) is 47.8 Å². The van der Waals surface area contributed by atoms with Gasteiger partial charge in [-0.3, -0.25) is 4.79 Å². The van der Waals surface area contributed by atoms with Gasteiger partial charge in [0.2, 0.25) is 0 Å². The summed E-state index contributed by atoms with van der Waals surface area (Å²) >= 11 is 0. The lowest BCUT2D eigenvalue weighted by molar-refractivity contribution is -0.248. The fourth-order valence-corrected chi connectivity index (χ4v) is 12.5. The second-order valence-electron chi connectivity index (χ2n) is 23.8. The molecule has 5 aliphatic rings. The van der Waals surface area contributed by atoms with Gasteiger partial charge in [-0.2, -0.15) is 0 Å². The molecule has 2 amide bonds. The molecule has 0 spiro atoms. The first-order chi connectivity index (χ1) is 31.0. The summed E-state index contributed by atoms with van der Waals surface area (Å²) in [5.74, 6) is -0.138. The van der Waals surface area contributed by atoms with E-state index in [1.54, 1.807) is 51.9 Å². The number of hydrogen-bond donors (Lipinski definition) is 1. The number of benzene rings is 1. The van der Waals surface area contributed by atoms with E-state index in [9.17, 15) is 19.2 Å². The summed E-state index contributed by atoms with van der Waals surface area (Å²) in [6.45, 7) is 25.9. The number of pyridine rings is 1. The van der Waals surface area contributed by atoms with Gasteiger partial charge in [-0.1, -0.05) is 13.8 Å². The second kappa shape index (κ2) is 17.8. The number of rotatable bonds is 13. The molecule has 14 nitrogen and oxygen atoms in total. The van der Waals surface area contributed by atoms with Gasteiger partial charge >= 0.3 is 18.0 Å². The Labute approximate surface area is 397 Å². The number of fused-ring (bicyclic) bond motifs is 1. The molecule has 366 valence electrons. The maximum Gasteiger partial charge on any atom is 0.410 e. The van der Waals surface area contributed by atoms with Gasteiger partial charge in [0.05, 0.1) is 12.2 Å². The molecule has 14 heteroatoms. The lowest BCUT2D eigenvalue weighted by Crippen LogP contribution is -2.64. The molecule has 3 heterocycles. The fourth-order valence-electron chi connectivity index (χ4n) is 12.5. The van der Waals surface area contributed by atoms with Crippen LogP contribution in [0.25, 0.3) is 11.1 Å². The Morgan fingerprint density at radius 3 is 2.07 bits per heavy atom. The lowest BCUT2D eigenvalue weighted by Gasteiger charge is -2.69. The van der Waals surface area contributed by atoms with Crippen molar-refractivity contribution in [1.82, 2.24) is 19.8 Å². The Morgan fingerprint density at radius 2 is 1.45 bits per heavy atom. The van der Waals surface area contributed by atoms with E-state index in [1.165, 1.54) is 6.42 Å². The van der Waals surface area contributed by atoms with Crippen LogP contribution in [0.2, 0.25) is 0 Å². The predicted molar refractivity (Wildman–Crippen MR) is 257 cm³/mol. The Balaban J connectivity index is 1.15. The third-order valence-corrected chi connectivity index (χ3v) is 13.6. The number of esters is 2. The normalized spacial score (nSPS) is 24.5. The van der Waals surface area contributed by atoms with E-state index >= 15 is 0 Å². The number of carbonyl (C=O) groups is 4. The first-order valence-electron chi connectivity index (χ1n) is 24.0. The monoisotopic (exact) mass is 926 g/mol. The summed E-state index contributed by atoms with van der Waals surface area (Å²) in [6.07, 6.45) is 8.69. The Morgan fingerprint density at radius 1 is 0.791 bits per heavy atom. The summed E-state index contributed by atoms with van der Waals surface area (Å²) < 4.78 is 32.4. The highest BCUT2D eigenvalue weighted by atomic mass is 16.6. The van der Waals surface area contributed by atoms with Crippen molar-refractivity contribution in [3.05, 3.63) is 64.6 Å². The van der Waals surface area contributed by atoms with Crippen molar-refractivity contribution in [2.45, 2.75) is 164 Å². The van der Waals surface area contributed by atoms with E-state index < -0.39 is 28.7 Å². The van der Waals surface area contributed by atoms with Crippen LogP contribution >= 0.6 is 0 Å². The van der Waals surface area contributed by atoms with Gasteiger partial charge in [-0.15, -0.1) is 0 Å². The summed E-state index contributed by atoms with van der Waals surface area (Å²) in [6, 6.07) is 9.45. The van der Waals surface area contributed by atoms with E-state index in [1.807, 2.05) is 53.7 Å². The number of anilines is 1. The zero-order valence-corrected chi connectivity index (χ0v) is 42.6. The highest BCUT2D eigenvalue weighted by Crippen LogP contribution is 2.72. The molecule has 4 fully saturated rings. The standard InChI is InChI=1S/C53H75N5O9/c1-34-35(19-22-58(34)33-52-28-50(11)27-51(12,29-52)31-53(30-50,32-52)64-24-23-56(14)46(62)67-49(8,9)10)37-16-18-41(55-43(37)45(61)66-48(5,6)7)57-21-20-36-39(25-57)38(44(60)54-13)15-17-40(36)63-26-42(59)65-47(2,3)4/h15-19,22H,20-21,23-33H2,1-14H3,(H,54,60). The van der Waals surface area contributed by atoms with E-state index in [0.29, 0.717) is 55.4 Å². The maximum atomic E-state index is 14.2. The molecular weight excluding hydrogens is 851 g/mol. The van der Waals surface area contributed by atoms with Crippen molar-refractivity contribution in [2.75, 3.05) is 45.3 Å². The molecule has 2 atom stereocenters. The Kier molecular flexibility index (Phi) is 13.2. The van der Waals surface area contributed by atoms with E-state index in [-0.39, 0.29) is 46.1 Å². The van der Waals surface area contributed by atoms with Crippen LogP contribution in [0.3, 0.4) is 0 Å². The number of ether oxygens (including phenoxy) is 5. The highest BCUT2D eigenvalue weighted by molar-refractivity contribution is 5.97. The number of nitrogens with one attached hydrogen (secondary N) is 1. The highest BCUT2D eigenvalue weighted by Gasteiger charge is 2.66. The van der Waals surface area contributed by atoms with Crippen LogP contribution in [0.5, 0.6) is 5.75 Å². The van der Waals surface area contributed by atoms with Gasteiger partial charge in [-0.05, 0) is 166 Å². The SMILES string of the molecule is CNC(=O)c1ccc(OCC(=O)OC(C)(C)C)c2c1CN(c1ccc(-c3ccn(CC45CC6(C)CC(C)(C4)CC(OCCN(C)C(=O)OC(C)(C)C)(C6)C5)c3C)c(C(=O)OC(C)(C)C)n1)CC2. The quantitative estimate of drug-likeness (QED) is 0.129. The van der Waals surface area contributed by atoms with Crippen LogP contribution in [0, 0.1) is 23.2 Å². The molecule has 2 aromatic heterocycles. The first-order valence-corrected chi connectivity index (χ1v) is 24.0. The van der Waals surface area contributed by atoms with Gasteiger partial charge in [0.1, 0.15) is 28.4 Å². The molecule has 4 bridgehead atoms. The molecule has 67 heavy (non-hydrogen) atoms. The average Bonchev–Trinajstić information content (AvgIpc) is 3.53. The number of hydrogen-bond acceptors (Lipinski definition) is 11. The zero-order chi connectivity index (χ0) is 49.1. The smallest absolute Gasteiger partial charge is 0.410 e. The van der Waals surface area contributed by atoms with Crippen LogP contribution < -0.4 is 15.0 Å². The molecule has 0 saturated heterocycles. The van der Waals surface area contributed by atoms with Crippen LogP contribution in [0.4, 0.5) is 10.6 Å². The zero-order valence-electron chi connectivity index (χ0n) is 42.6.